The summed E-state index contributed by atoms with van der Waals surface area (Å²) in [5.74, 6) is 0. The zero-order chi connectivity index (χ0) is 14.4. The topological polar surface area (TPSA) is 9.23 Å². The molecule has 0 spiro atoms. The average Bonchev–Trinajstić information content (AvgIpc) is 2.46. The molecule has 2 rings (SSSR count). The number of benzene rings is 2. The van der Waals surface area contributed by atoms with E-state index in [0.717, 1.165) is 13.0 Å². The average molecular weight is 286 g/mol. The van der Waals surface area contributed by atoms with Crippen LogP contribution < -0.4 is 10.6 Å². The van der Waals surface area contributed by atoms with Crippen LogP contribution in [0.1, 0.15) is 30.9 Å². The maximum Gasteiger partial charge on any atom is 0.0922 e. The first kappa shape index (κ1) is 15.2. The fraction of sp³-hybridized carbons (Fsp3) is 0.333. The minimum Gasteiger partial charge on any atom is -0.350 e. The summed E-state index contributed by atoms with van der Waals surface area (Å²) >= 11 is 0. The van der Waals surface area contributed by atoms with Crippen molar-refractivity contribution in [1.29, 1.82) is 0 Å². The standard InChI is InChI=1S/C18H23OP/c1-4-5-14-19-20(17-12-8-6-10-15(17)2)18-13-9-7-11-16(18)3/h6-13H,4-5,14H2,1-3H3. The van der Waals surface area contributed by atoms with Crippen LogP contribution in [0.3, 0.4) is 0 Å². The van der Waals surface area contributed by atoms with Crippen molar-refractivity contribution in [2.45, 2.75) is 33.6 Å². The van der Waals surface area contributed by atoms with E-state index in [4.69, 9.17) is 4.52 Å². The van der Waals surface area contributed by atoms with Gasteiger partial charge < -0.3 is 4.52 Å². The van der Waals surface area contributed by atoms with Gasteiger partial charge in [-0.25, -0.2) is 0 Å². The van der Waals surface area contributed by atoms with E-state index in [1.165, 1.54) is 28.2 Å². The minimum atomic E-state index is -0.704. The highest BCUT2D eigenvalue weighted by Gasteiger charge is 2.18. The van der Waals surface area contributed by atoms with E-state index in [1.54, 1.807) is 0 Å². The number of hydrogen-bond donors (Lipinski definition) is 0. The molecule has 2 aromatic rings. The first-order valence-electron chi connectivity index (χ1n) is 7.28. The molecule has 106 valence electrons. The molecule has 0 aliphatic carbocycles. The minimum absolute atomic E-state index is 0.704. The van der Waals surface area contributed by atoms with Crippen molar-refractivity contribution in [3.8, 4) is 0 Å². The van der Waals surface area contributed by atoms with Gasteiger partial charge in [0.2, 0.25) is 0 Å². The third-order valence-corrected chi connectivity index (χ3v) is 5.71. The van der Waals surface area contributed by atoms with Crippen molar-refractivity contribution < 1.29 is 4.52 Å². The number of unbranched alkanes of at least 4 members (excludes halogenated alkanes) is 1. The Morgan fingerprint density at radius 2 is 1.35 bits per heavy atom. The molecule has 0 bridgehead atoms. The molecule has 0 aromatic heterocycles. The Hall–Kier alpha value is -1.17. The van der Waals surface area contributed by atoms with Crippen LogP contribution in [0.25, 0.3) is 0 Å². The Morgan fingerprint density at radius 3 is 1.80 bits per heavy atom. The van der Waals surface area contributed by atoms with Crippen molar-refractivity contribution in [2.24, 2.45) is 0 Å². The number of hydrogen-bond acceptors (Lipinski definition) is 1. The highest BCUT2D eigenvalue weighted by molar-refractivity contribution is 7.68. The van der Waals surface area contributed by atoms with Crippen LogP contribution in [0, 0.1) is 13.8 Å². The van der Waals surface area contributed by atoms with Gasteiger partial charge in [-0.3, -0.25) is 0 Å². The summed E-state index contributed by atoms with van der Waals surface area (Å²) in [6, 6.07) is 17.2. The largest absolute Gasteiger partial charge is 0.350 e. The third kappa shape index (κ3) is 3.69. The van der Waals surface area contributed by atoms with Crippen molar-refractivity contribution in [1.82, 2.24) is 0 Å². The van der Waals surface area contributed by atoms with Crippen molar-refractivity contribution >= 4 is 18.8 Å². The summed E-state index contributed by atoms with van der Waals surface area (Å²) < 4.78 is 6.28. The number of aryl methyl sites for hydroxylation is 2. The quantitative estimate of drug-likeness (QED) is 0.562. The molecular weight excluding hydrogens is 263 g/mol. The molecule has 2 heteroatoms. The molecule has 0 fully saturated rings. The Labute approximate surface area is 123 Å². The summed E-state index contributed by atoms with van der Waals surface area (Å²) in [6.45, 7) is 7.39. The zero-order valence-electron chi connectivity index (χ0n) is 12.6. The van der Waals surface area contributed by atoms with Crippen molar-refractivity contribution in [3.05, 3.63) is 59.7 Å². The molecule has 0 aliphatic heterocycles. The van der Waals surface area contributed by atoms with Gasteiger partial charge in [0.05, 0.1) is 14.8 Å². The van der Waals surface area contributed by atoms with Crippen LogP contribution in [-0.2, 0) is 4.52 Å². The van der Waals surface area contributed by atoms with Gasteiger partial charge in [-0.05, 0) is 31.4 Å². The van der Waals surface area contributed by atoms with Gasteiger partial charge in [-0.1, -0.05) is 61.9 Å². The predicted molar refractivity (Wildman–Crippen MR) is 89.4 cm³/mol. The van der Waals surface area contributed by atoms with E-state index in [9.17, 15) is 0 Å². The van der Waals surface area contributed by atoms with E-state index < -0.39 is 8.15 Å². The third-order valence-electron chi connectivity index (χ3n) is 3.39. The van der Waals surface area contributed by atoms with E-state index in [1.807, 2.05) is 0 Å². The van der Waals surface area contributed by atoms with Crippen LogP contribution in [0.2, 0.25) is 0 Å². The van der Waals surface area contributed by atoms with E-state index in [0.29, 0.717) is 0 Å². The normalized spacial score (nSPS) is 11.0. The zero-order valence-corrected chi connectivity index (χ0v) is 13.5. The fourth-order valence-electron chi connectivity index (χ4n) is 2.15. The summed E-state index contributed by atoms with van der Waals surface area (Å²) in [4.78, 5) is 0. The molecule has 0 amide bonds. The lowest BCUT2D eigenvalue weighted by Gasteiger charge is -2.21. The predicted octanol–water partition coefficient (Wildman–Crippen LogP) is 4.47. The summed E-state index contributed by atoms with van der Waals surface area (Å²) in [6.07, 6.45) is 2.29. The van der Waals surface area contributed by atoms with Crippen LogP contribution in [-0.4, -0.2) is 6.61 Å². The monoisotopic (exact) mass is 286 g/mol. The van der Waals surface area contributed by atoms with E-state index in [-0.39, 0.29) is 0 Å². The Bertz CT molecular complexity index is 505. The smallest absolute Gasteiger partial charge is 0.0922 e. The molecule has 0 aliphatic rings. The van der Waals surface area contributed by atoms with E-state index in [2.05, 4.69) is 69.3 Å². The Morgan fingerprint density at radius 1 is 0.850 bits per heavy atom. The molecule has 0 atom stereocenters. The highest BCUT2D eigenvalue weighted by atomic mass is 31.1. The lowest BCUT2D eigenvalue weighted by Crippen LogP contribution is -2.18. The molecule has 2 aromatic carbocycles. The summed E-state index contributed by atoms with van der Waals surface area (Å²) in [5.41, 5.74) is 2.64. The van der Waals surface area contributed by atoms with Gasteiger partial charge in [-0.15, -0.1) is 0 Å². The highest BCUT2D eigenvalue weighted by Crippen LogP contribution is 2.37. The van der Waals surface area contributed by atoms with Gasteiger partial charge in [0.25, 0.3) is 0 Å². The SMILES string of the molecule is CCCCOP(c1ccccc1C)c1ccccc1C. The summed E-state index contributed by atoms with van der Waals surface area (Å²) in [5, 5.41) is 2.68. The lowest BCUT2D eigenvalue weighted by molar-refractivity contribution is 0.350. The summed E-state index contributed by atoms with van der Waals surface area (Å²) in [7, 11) is -0.704. The second-order valence-electron chi connectivity index (χ2n) is 5.05. The molecule has 0 saturated carbocycles. The van der Waals surface area contributed by atoms with Crippen molar-refractivity contribution in [3.63, 3.8) is 0 Å². The fourth-order valence-corrected chi connectivity index (χ4v) is 4.23. The van der Waals surface area contributed by atoms with Gasteiger partial charge in [0.15, 0.2) is 0 Å². The maximum absolute atomic E-state index is 6.28. The molecule has 20 heavy (non-hydrogen) atoms. The molecular formula is C18H23OP. The van der Waals surface area contributed by atoms with Gasteiger partial charge in [0, 0.05) is 10.6 Å². The van der Waals surface area contributed by atoms with E-state index >= 15 is 0 Å². The van der Waals surface area contributed by atoms with Crippen LogP contribution in [0.4, 0.5) is 0 Å². The van der Waals surface area contributed by atoms with Gasteiger partial charge in [-0.2, -0.15) is 0 Å². The number of rotatable bonds is 6. The second kappa shape index (κ2) is 7.57. The second-order valence-corrected chi connectivity index (χ2v) is 6.86. The molecule has 0 N–H and O–H groups in total. The van der Waals surface area contributed by atoms with Crippen LogP contribution in [0.15, 0.2) is 48.5 Å². The maximum atomic E-state index is 6.28. The van der Waals surface area contributed by atoms with Gasteiger partial charge >= 0.3 is 0 Å². The lowest BCUT2D eigenvalue weighted by atomic mass is 10.2. The van der Waals surface area contributed by atoms with Crippen LogP contribution in [0.5, 0.6) is 0 Å². The molecule has 1 nitrogen and oxygen atoms in total. The molecule has 0 unspecified atom stereocenters. The molecule has 0 heterocycles. The Kier molecular flexibility index (Phi) is 5.76. The molecule has 0 radical (unpaired) electrons. The van der Waals surface area contributed by atoms with Crippen LogP contribution >= 0.6 is 8.15 Å². The molecule has 0 saturated heterocycles. The van der Waals surface area contributed by atoms with Crippen molar-refractivity contribution in [2.75, 3.05) is 6.61 Å². The Balaban J connectivity index is 2.35. The first-order chi connectivity index (χ1) is 9.74. The first-order valence-corrected chi connectivity index (χ1v) is 8.54. The van der Waals surface area contributed by atoms with Gasteiger partial charge in [0.1, 0.15) is 0 Å².